The quantitative estimate of drug-likeness (QED) is 0.844. The average molecular weight is 260 g/mol. The van der Waals surface area contributed by atoms with Crippen LogP contribution < -0.4 is 5.73 Å². The summed E-state index contributed by atoms with van der Waals surface area (Å²) in [5, 5.41) is 7.74. The molecule has 1 heterocycles. The Morgan fingerprint density at radius 2 is 2.11 bits per heavy atom. The van der Waals surface area contributed by atoms with Gasteiger partial charge in [-0.1, -0.05) is 30.3 Å². The van der Waals surface area contributed by atoms with Gasteiger partial charge < -0.3 is 10.5 Å². The molecule has 0 aliphatic rings. The molecule has 6 nitrogen and oxygen atoms in total. The van der Waals surface area contributed by atoms with Crippen LogP contribution in [0.15, 0.2) is 24.3 Å². The number of rotatable bonds is 4. The number of nitrogen functional groups attached to an aromatic ring is 1. The summed E-state index contributed by atoms with van der Waals surface area (Å²) in [6.45, 7) is 4.04. The van der Waals surface area contributed by atoms with Crippen LogP contribution in [0.4, 0.5) is 5.82 Å². The molecule has 2 rings (SSSR count). The standard InChI is InChI=1S/C13H16N4O2/c1-3-9-7-5-6-8-10(9)17-12(14)11(15-16-17)13(18)19-4-2/h5-8H,3-4,14H2,1-2H3. The van der Waals surface area contributed by atoms with Crippen molar-refractivity contribution in [2.24, 2.45) is 0 Å². The van der Waals surface area contributed by atoms with E-state index in [4.69, 9.17) is 10.5 Å². The SMILES string of the molecule is CCOC(=O)c1nnn(-c2ccccc2CC)c1N. The molecule has 0 saturated carbocycles. The number of carbonyl (C=O) groups is 1. The summed E-state index contributed by atoms with van der Waals surface area (Å²) in [5.74, 6) is -0.362. The van der Waals surface area contributed by atoms with Gasteiger partial charge in [0.1, 0.15) is 0 Å². The van der Waals surface area contributed by atoms with Crippen LogP contribution in [0.1, 0.15) is 29.9 Å². The lowest BCUT2D eigenvalue weighted by Crippen LogP contribution is -2.10. The van der Waals surface area contributed by atoms with Crippen LogP contribution in [-0.4, -0.2) is 27.6 Å². The van der Waals surface area contributed by atoms with E-state index in [9.17, 15) is 4.79 Å². The number of hydrogen-bond acceptors (Lipinski definition) is 5. The highest BCUT2D eigenvalue weighted by atomic mass is 16.5. The monoisotopic (exact) mass is 260 g/mol. The van der Waals surface area contributed by atoms with Crippen LogP contribution in [0.25, 0.3) is 5.69 Å². The summed E-state index contributed by atoms with van der Waals surface area (Å²) < 4.78 is 6.34. The molecule has 6 heteroatoms. The van der Waals surface area contributed by atoms with Crippen molar-refractivity contribution in [3.63, 3.8) is 0 Å². The number of anilines is 1. The zero-order valence-electron chi connectivity index (χ0n) is 11.0. The Morgan fingerprint density at radius 3 is 2.79 bits per heavy atom. The molecule has 2 aromatic rings. The molecule has 2 N–H and O–H groups in total. The van der Waals surface area contributed by atoms with E-state index in [0.29, 0.717) is 0 Å². The van der Waals surface area contributed by atoms with E-state index in [-0.39, 0.29) is 18.1 Å². The lowest BCUT2D eigenvalue weighted by Gasteiger charge is -2.08. The molecular weight excluding hydrogens is 244 g/mol. The van der Waals surface area contributed by atoms with Gasteiger partial charge in [0.05, 0.1) is 12.3 Å². The van der Waals surface area contributed by atoms with Gasteiger partial charge in [-0.05, 0) is 25.0 Å². The van der Waals surface area contributed by atoms with E-state index in [0.717, 1.165) is 17.7 Å². The van der Waals surface area contributed by atoms with Gasteiger partial charge in [-0.15, -0.1) is 5.10 Å². The van der Waals surface area contributed by atoms with Crippen molar-refractivity contribution >= 4 is 11.8 Å². The molecule has 0 saturated heterocycles. The fourth-order valence-electron chi connectivity index (χ4n) is 1.83. The minimum atomic E-state index is -0.555. The van der Waals surface area contributed by atoms with Gasteiger partial charge in [0.2, 0.25) is 5.69 Å². The fraction of sp³-hybridized carbons (Fsp3) is 0.308. The normalized spacial score (nSPS) is 10.4. The number of carbonyl (C=O) groups excluding carboxylic acids is 1. The Morgan fingerprint density at radius 1 is 1.37 bits per heavy atom. The Labute approximate surface area is 111 Å². The lowest BCUT2D eigenvalue weighted by atomic mass is 10.1. The molecule has 0 bridgehead atoms. The van der Waals surface area contributed by atoms with E-state index in [1.165, 1.54) is 4.68 Å². The Balaban J connectivity index is 2.44. The molecule has 1 aromatic heterocycles. The molecule has 0 radical (unpaired) electrons. The lowest BCUT2D eigenvalue weighted by molar-refractivity contribution is 0.0520. The summed E-state index contributed by atoms with van der Waals surface area (Å²) in [6.07, 6.45) is 0.838. The van der Waals surface area contributed by atoms with E-state index < -0.39 is 5.97 Å². The molecule has 19 heavy (non-hydrogen) atoms. The second-order valence-corrected chi connectivity index (χ2v) is 3.94. The molecule has 0 aliphatic heterocycles. The van der Waals surface area contributed by atoms with Gasteiger partial charge in [0.25, 0.3) is 0 Å². The summed E-state index contributed by atoms with van der Waals surface area (Å²) in [4.78, 5) is 11.6. The molecule has 100 valence electrons. The van der Waals surface area contributed by atoms with E-state index in [1.807, 2.05) is 31.2 Å². The van der Waals surface area contributed by atoms with Crippen LogP contribution in [0.5, 0.6) is 0 Å². The molecule has 0 amide bonds. The van der Waals surface area contributed by atoms with Gasteiger partial charge in [-0.2, -0.15) is 4.68 Å². The van der Waals surface area contributed by atoms with Crippen LogP contribution in [0.2, 0.25) is 0 Å². The second kappa shape index (κ2) is 5.51. The maximum Gasteiger partial charge on any atom is 0.362 e. The van der Waals surface area contributed by atoms with Gasteiger partial charge in [0, 0.05) is 0 Å². The number of hydrogen-bond donors (Lipinski definition) is 1. The molecule has 0 atom stereocenters. The maximum atomic E-state index is 11.6. The number of aromatic nitrogens is 3. The van der Waals surface area contributed by atoms with E-state index in [2.05, 4.69) is 10.3 Å². The van der Waals surface area contributed by atoms with Crippen molar-refractivity contribution in [1.82, 2.24) is 15.0 Å². The van der Waals surface area contributed by atoms with Gasteiger partial charge in [-0.3, -0.25) is 0 Å². The number of esters is 1. The van der Waals surface area contributed by atoms with Crippen LogP contribution in [0.3, 0.4) is 0 Å². The smallest absolute Gasteiger partial charge is 0.362 e. The molecule has 0 aliphatic carbocycles. The third kappa shape index (κ3) is 2.42. The topological polar surface area (TPSA) is 83.0 Å². The largest absolute Gasteiger partial charge is 0.461 e. The van der Waals surface area contributed by atoms with Crippen LogP contribution in [-0.2, 0) is 11.2 Å². The molecule has 0 unspecified atom stereocenters. The molecule has 0 fully saturated rings. The number of para-hydroxylation sites is 1. The van der Waals surface area contributed by atoms with Crippen molar-refractivity contribution in [3.05, 3.63) is 35.5 Å². The number of aryl methyl sites for hydroxylation is 1. The number of ether oxygens (including phenoxy) is 1. The first-order chi connectivity index (χ1) is 9.19. The zero-order chi connectivity index (χ0) is 13.8. The zero-order valence-corrected chi connectivity index (χ0v) is 11.0. The van der Waals surface area contributed by atoms with Crippen LogP contribution >= 0.6 is 0 Å². The Hall–Kier alpha value is -2.37. The van der Waals surface area contributed by atoms with Crippen molar-refractivity contribution in [1.29, 1.82) is 0 Å². The van der Waals surface area contributed by atoms with Crippen molar-refractivity contribution in [3.8, 4) is 5.69 Å². The highest BCUT2D eigenvalue weighted by Gasteiger charge is 2.20. The summed E-state index contributed by atoms with van der Waals surface area (Å²) >= 11 is 0. The maximum absolute atomic E-state index is 11.6. The highest BCUT2D eigenvalue weighted by molar-refractivity contribution is 5.92. The van der Waals surface area contributed by atoms with Crippen molar-refractivity contribution in [2.45, 2.75) is 20.3 Å². The first-order valence-electron chi connectivity index (χ1n) is 6.15. The Kier molecular flexibility index (Phi) is 3.79. The summed E-state index contributed by atoms with van der Waals surface area (Å²) in [5.41, 5.74) is 7.88. The first kappa shape index (κ1) is 13.1. The molecule has 0 spiro atoms. The predicted octanol–water partition coefficient (Wildman–Crippen LogP) is 1.59. The number of nitrogens with zero attached hydrogens (tertiary/aromatic N) is 3. The highest BCUT2D eigenvalue weighted by Crippen LogP contribution is 2.19. The Bertz CT molecular complexity index is 592. The van der Waals surface area contributed by atoms with Crippen LogP contribution in [0, 0.1) is 0 Å². The number of nitrogens with two attached hydrogens (primary N) is 1. The predicted molar refractivity (Wildman–Crippen MR) is 71.1 cm³/mol. The van der Waals surface area contributed by atoms with Gasteiger partial charge in [0.15, 0.2) is 5.82 Å². The first-order valence-corrected chi connectivity index (χ1v) is 6.15. The fourth-order valence-corrected chi connectivity index (χ4v) is 1.83. The van der Waals surface area contributed by atoms with Gasteiger partial charge >= 0.3 is 5.97 Å². The summed E-state index contributed by atoms with van der Waals surface area (Å²) in [6, 6.07) is 7.71. The number of benzene rings is 1. The van der Waals surface area contributed by atoms with Crippen molar-refractivity contribution < 1.29 is 9.53 Å². The average Bonchev–Trinajstić information content (AvgIpc) is 2.80. The minimum absolute atomic E-state index is 0.0488. The summed E-state index contributed by atoms with van der Waals surface area (Å²) in [7, 11) is 0. The van der Waals surface area contributed by atoms with E-state index >= 15 is 0 Å². The van der Waals surface area contributed by atoms with E-state index in [1.54, 1.807) is 6.92 Å². The minimum Gasteiger partial charge on any atom is -0.461 e. The third-order valence-electron chi connectivity index (χ3n) is 2.77. The molecular formula is C13H16N4O2. The third-order valence-corrected chi connectivity index (χ3v) is 2.77. The van der Waals surface area contributed by atoms with Gasteiger partial charge in [-0.25, -0.2) is 4.79 Å². The van der Waals surface area contributed by atoms with Crippen molar-refractivity contribution in [2.75, 3.05) is 12.3 Å². The molecule has 1 aromatic carbocycles. The second-order valence-electron chi connectivity index (χ2n) is 3.94.